The number of anilines is 1. The number of halogens is 1. The highest BCUT2D eigenvalue weighted by atomic mass is 32.2. The van der Waals surface area contributed by atoms with Crippen molar-refractivity contribution in [3.05, 3.63) is 71.9 Å². The molecule has 12 heteroatoms. The van der Waals surface area contributed by atoms with Crippen LogP contribution in [-0.4, -0.2) is 79.7 Å². The Hall–Kier alpha value is -3.48. The molecule has 0 aliphatic carbocycles. The lowest BCUT2D eigenvalue weighted by Gasteiger charge is -2.36. The van der Waals surface area contributed by atoms with Crippen molar-refractivity contribution < 1.29 is 27.1 Å². The summed E-state index contributed by atoms with van der Waals surface area (Å²) in [6.45, 7) is 5.73. The first-order valence-electron chi connectivity index (χ1n) is 13.0. The number of methoxy groups -OCH3 is 1. The maximum absolute atomic E-state index is 13.9. The summed E-state index contributed by atoms with van der Waals surface area (Å²) < 4.78 is 55.7. The van der Waals surface area contributed by atoms with Gasteiger partial charge in [-0.1, -0.05) is 19.1 Å². The maximum Gasteiger partial charge on any atom is 0.280 e. The number of carbonyl (C=O) groups excluding carboxylic acids is 1. The molecule has 2 aromatic carbocycles. The van der Waals surface area contributed by atoms with Gasteiger partial charge in [-0.25, -0.2) is 9.37 Å². The van der Waals surface area contributed by atoms with E-state index in [1.54, 1.807) is 38.2 Å². The number of sulfonamides is 1. The smallest absolute Gasteiger partial charge is 0.280 e. The number of carbonyl (C=O) groups is 1. The van der Waals surface area contributed by atoms with E-state index in [-0.39, 0.29) is 52.9 Å². The second-order valence-electron chi connectivity index (χ2n) is 10.4. The number of benzene rings is 2. The number of amides is 1. The molecule has 10 nitrogen and oxygen atoms in total. The van der Waals surface area contributed by atoms with Crippen LogP contribution < -0.4 is 9.46 Å². The number of aromatic nitrogens is 2. The minimum Gasteiger partial charge on any atom is -0.491 e. The number of fused-ring (bicyclic) bond motifs is 1. The molecule has 1 aliphatic heterocycles. The Kier molecular flexibility index (Phi) is 9.12. The number of hydrogen-bond donors (Lipinski definition) is 1. The highest BCUT2D eigenvalue weighted by Gasteiger charge is 2.29. The summed E-state index contributed by atoms with van der Waals surface area (Å²) in [5.41, 5.74) is 1.37. The van der Waals surface area contributed by atoms with Crippen LogP contribution in [-0.2, 0) is 28.4 Å². The van der Waals surface area contributed by atoms with Gasteiger partial charge in [-0.15, -0.1) is 0 Å². The zero-order valence-corrected chi connectivity index (χ0v) is 24.2. The molecule has 216 valence electrons. The first kappa shape index (κ1) is 29.5. The number of ether oxygens (including phenoxy) is 2. The SMILES string of the molecule is CO[C@@H]1CN(C)C(=O)c2ccc(NS(=O)(=O)c3cn(C)cn3)cc2OC[C@@H](C)N(Cc2cccc(F)c2)C[C@H]1C. The van der Waals surface area contributed by atoms with Crippen molar-refractivity contribution >= 4 is 21.6 Å². The summed E-state index contributed by atoms with van der Waals surface area (Å²) in [6, 6.07) is 11.0. The van der Waals surface area contributed by atoms with Crippen LogP contribution in [0.25, 0.3) is 0 Å². The fraction of sp³-hybridized carbons (Fsp3) is 0.429. The van der Waals surface area contributed by atoms with Gasteiger partial charge in [-0.2, -0.15) is 8.42 Å². The van der Waals surface area contributed by atoms with Crippen molar-refractivity contribution in [3.63, 3.8) is 0 Å². The van der Waals surface area contributed by atoms with Crippen molar-refractivity contribution in [2.24, 2.45) is 13.0 Å². The van der Waals surface area contributed by atoms with Crippen LogP contribution in [0.3, 0.4) is 0 Å². The van der Waals surface area contributed by atoms with Crippen molar-refractivity contribution in [2.75, 3.05) is 38.6 Å². The molecule has 2 heterocycles. The largest absolute Gasteiger partial charge is 0.491 e. The summed E-state index contributed by atoms with van der Waals surface area (Å²) in [7, 11) is 1.06. The maximum atomic E-state index is 13.9. The lowest BCUT2D eigenvalue weighted by Crippen LogP contribution is -2.46. The fourth-order valence-electron chi connectivity index (χ4n) is 4.74. The minimum absolute atomic E-state index is 0.0542. The van der Waals surface area contributed by atoms with Gasteiger partial charge in [0.05, 0.1) is 23.7 Å². The lowest BCUT2D eigenvalue weighted by molar-refractivity contribution is 0.00920. The Labute approximate surface area is 234 Å². The quantitative estimate of drug-likeness (QED) is 0.482. The van der Waals surface area contributed by atoms with Crippen LogP contribution in [0.2, 0.25) is 0 Å². The van der Waals surface area contributed by atoms with Gasteiger partial charge >= 0.3 is 0 Å². The summed E-state index contributed by atoms with van der Waals surface area (Å²) >= 11 is 0. The van der Waals surface area contributed by atoms with Crippen molar-refractivity contribution in [1.82, 2.24) is 19.4 Å². The van der Waals surface area contributed by atoms with Gasteiger partial charge in [-0.3, -0.25) is 14.4 Å². The zero-order valence-electron chi connectivity index (χ0n) is 23.4. The Balaban J connectivity index is 1.66. The number of nitrogens with zero attached hydrogens (tertiary/aromatic N) is 4. The Bertz CT molecular complexity index is 1450. The van der Waals surface area contributed by atoms with Crippen LogP contribution in [0, 0.1) is 11.7 Å². The van der Waals surface area contributed by atoms with Gasteiger partial charge in [-0.05, 0) is 42.7 Å². The molecular weight excluding hydrogens is 537 g/mol. The molecule has 1 amide bonds. The Morgan fingerprint density at radius 2 is 1.93 bits per heavy atom. The summed E-state index contributed by atoms with van der Waals surface area (Å²) in [6.07, 6.45) is 2.55. The van der Waals surface area contributed by atoms with Gasteiger partial charge in [0.15, 0.2) is 5.03 Å². The summed E-state index contributed by atoms with van der Waals surface area (Å²) in [5, 5.41) is -0.124. The zero-order chi connectivity index (χ0) is 29.0. The molecule has 40 heavy (non-hydrogen) atoms. The van der Waals surface area contributed by atoms with E-state index in [4.69, 9.17) is 9.47 Å². The molecule has 0 fully saturated rings. The minimum atomic E-state index is -3.95. The van der Waals surface area contributed by atoms with Gasteiger partial charge in [0, 0.05) is 59.1 Å². The van der Waals surface area contributed by atoms with Crippen molar-refractivity contribution in [2.45, 2.75) is 37.6 Å². The molecular formula is C28H36FN5O5S. The van der Waals surface area contributed by atoms with Crippen molar-refractivity contribution in [1.29, 1.82) is 0 Å². The Morgan fingerprint density at radius 1 is 1.15 bits per heavy atom. The molecule has 0 saturated heterocycles. The molecule has 0 saturated carbocycles. The molecule has 0 unspecified atom stereocenters. The van der Waals surface area contributed by atoms with Gasteiger partial charge in [0.25, 0.3) is 15.9 Å². The molecule has 1 N–H and O–H groups in total. The van der Waals surface area contributed by atoms with E-state index in [0.29, 0.717) is 25.2 Å². The Morgan fingerprint density at radius 3 is 2.60 bits per heavy atom. The van der Waals surface area contributed by atoms with Gasteiger partial charge in [0.2, 0.25) is 0 Å². The first-order chi connectivity index (χ1) is 19.0. The highest BCUT2D eigenvalue weighted by molar-refractivity contribution is 7.92. The molecule has 3 atom stereocenters. The number of hydrogen-bond acceptors (Lipinski definition) is 7. The number of aryl methyl sites for hydroxylation is 1. The van der Waals surface area contributed by atoms with Crippen LogP contribution >= 0.6 is 0 Å². The summed E-state index contributed by atoms with van der Waals surface area (Å²) in [4.78, 5) is 21.1. The molecule has 0 spiro atoms. The molecule has 4 rings (SSSR count). The van der Waals surface area contributed by atoms with E-state index in [1.807, 2.05) is 13.0 Å². The molecule has 0 bridgehead atoms. The number of imidazole rings is 1. The molecule has 1 aromatic heterocycles. The lowest BCUT2D eigenvalue weighted by atomic mass is 10.0. The first-order valence-corrected chi connectivity index (χ1v) is 14.5. The number of rotatable bonds is 6. The second-order valence-corrected chi connectivity index (χ2v) is 12.0. The monoisotopic (exact) mass is 573 g/mol. The predicted molar refractivity (Wildman–Crippen MR) is 149 cm³/mol. The van der Waals surface area contributed by atoms with Crippen LogP contribution in [0.15, 0.2) is 60.0 Å². The van der Waals surface area contributed by atoms with Gasteiger partial charge in [0.1, 0.15) is 18.2 Å². The third kappa shape index (κ3) is 6.98. The van der Waals surface area contributed by atoms with E-state index in [2.05, 4.69) is 21.5 Å². The number of nitrogens with one attached hydrogen (secondary N) is 1. The molecule has 0 radical (unpaired) electrons. The average molecular weight is 574 g/mol. The fourth-order valence-corrected chi connectivity index (χ4v) is 5.77. The van der Waals surface area contributed by atoms with E-state index in [1.165, 1.54) is 41.4 Å². The number of likely N-dealkylation sites (N-methyl/N-ethyl adjacent to an activating group) is 1. The van der Waals surface area contributed by atoms with E-state index >= 15 is 0 Å². The van der Waals surface area contributed by atoms with Crippen LogP contribution in [0.1, 0.15) is 29.8 Å². The molecule has 1 aliphatic rings. The van der Waals surface area contributed by atoms with Crippen LogP contribution in [0.4, 0.5) is 10.1 Å². The van der Waals surface area contributed by atoms with Crippen molar-refractivity contribution in [3.8, 4) is 5.75 Å². The highest BCUT2D eigenvalue weighted by Crippen LogP contribution is 2.28. The van der Waals surface area contributed by atoms with E-state index < -0.39 is 10.0 Å². The average Bonchev–Trinajstić information content (AvgIpc) is 3.36. The predicted octanol–water partition coefficient (Wildman–Crippen LogP) is 3.37. The third-order valence-corrected chi connectivity index (χ3v) is 8.33. The normalized spacial score (nSPS) is 21.2. The van der Waals surface area contributed by atoms with E-state index in [0.717, 1.165) is 5.56 Å². The standard InChI is InChI=1S/C28H36FN5O5S/c1-19-13-34(14-21-7-6-8-22(29)11-21)20(2)17-39-25-12-23(31-40(36,37)27-16-32(3)18-30-27)9-10-24(25)28(35)33(4)15-26(19)38-5/h6-12,16,18-20,26,31H,13-15,17H2,1-5H3/t19-,20-,26-/m1/s1. The van der Waals surface area contributed by atoms with Crippen LogP contribution in [0.5, 0.6) is 5.75 Å². The summed E-state index contributed by atoms with van der Waals surface area (Å²) in [5.74, 6) is -0.265. The van der Waals surface area contributed by atoms with E-state index in [9.17, 15) is 17.6 Å². The topological polar surface area (TPSA) is 106 Å². The molecule has 3 aromatic rings. The van der Waals surface area contributed by atoms with Gasteiger partial charge < -0.3 is 18.9 Å². The second kappa shape index (κ2) is 12.4. The third-order valence-electron chi connectivity index (χ3n) is 7.06.